The van der Waals surface area contributed by atoms with Gasteiger partial charge >= 0.3 is 5.97 Å². The number of aliphatic carboxylic acids is 1. The maximum atomic E-state index is 10.8. The van der Waals surface area contributed by atoms with Crippen LogP contribution >= 0.6 is 11.6 Å². The van der Waals surface area contributed by atoms with Gasteiger partial charge in [-0.15, -0.1) is 0 Å². The van der Waals surface area contributed by atoms with Crippen LogP contribution in [0.15, 0.2) is 42.5 Å². The summed E-state index contributed by atoms with van der Waals surface area (Å²) in [6.45, 7) is 3.96. The third-order valence-corrected chi connectivity index (χ3v) is 3.81. The Labute approximate surface area is 124 Å². The molecular weight excluding hydrogens is 272 g/mol. The van der Waals surface area contributed by atoms with Crippen molar-refractivity contribution in [2.75, 3.05) is 0 Å². The molecule has 0 aliphatic carbocycles. The van der Waals surface area contributed by atoms with Crippen LogP contribution in [0.4, 0.5) is 0 Å². The zero-order valence-electron chi connectivity index (χ0n) is 11.6. The summed E-state index contributed by atoms with van der Waals surface area (Å²) >= 11 is 6.30. The Balaban J connectivity index is 2.44. The molecule has 0 aliphatic heterocycles. The molecule has 0 radical (unpaired) electrons. The van der Waals surface area contributed by atoms with Crippen LogP contribution in [0.5, 0.6) is 0 Å². The Kier molecular flexibility index (Phi) is 4.46. The van der Waals surface area contributed by atoms with Crippen molar-refractivity contribution in [2.24, 2.45) is 0 Å². The first-order valence-corrected chi connectivity index (χ1v) is 6.94. The van der Waals surface area contributed by atoms with Gasteiger partial charge in [-0.1, -0.05) is 48.9 Å². The number of halogens is 1. The molecule has 1 N–H and O–H groups in total. The number of rotatable bonds is 4. The van der Waals surface area contributed by atoms with Gasteiger partial charge in [-0.25, -0.2) is 0 Å². The third-order valence-electron chi connectivity index (χ3n) is 3.48. The Bertz CT molecular complexity index is 635. The minimum Gasteiger partial charge on any atom is -0.481 e. The van der Waals surface area contributed by atoms with E-state index in [4.69, 9.17) is 16.7 Å². The minimum absolute atomic E-state index is 0.0347. The zero-order valence-corrected chi connectivity index (χ0v) is 12.3. The standard InChI is InChI=1S/C17H17ClO2/c1-11-5-3-4-6-14(11)15-10-13(7-8-16(15)18)12(2)9-17(19)20/h3-8,10,12H,9H2,1-2H3,(H,19,20). The molecule has 0 saturated carbocycles. The monoisotopic (exact) mass is 288 g/mol. The predicted octanol–water partition coefficient (Wildman–Crippen LogP) is 4.89. The molecule has 0 amide bonds. The average molecular weight is 289 g/mol. The summed E-state index contributed by atoms with van der Waals surface area (Å²) < 4.78 is 0. The van der Waals surface area contributed by atoms with E-state index in [-0.39, 0.29) is 12.3 Å². The smallest absolute Gasteiger partial charge is 0.303 e. The minimum atomic E-state index is -0.787. The van der Waals surface area contributed by atoms with Gasteiger partial charge in [0.2, 0.25) is 0 Å². The summed E-state index contributed by atoms with van der Waals surface area (Å²) in [6.07, 6.45) is 0.120. The fourth-order valence-electron chi connectivity index (χ4n) is 2.31. The molecule has 1 unspecified atom stereocenters. The maximum Gasteiger partial charge on any atom is 0.303 e. The summed E-state index contributed by atoms with van der Waals surface area (Å²) in [5.74, 6) is -0.822. The van der Waals surface area contributed by atoms with Crippen molar-refractivity contribution in [2.45, 2.75) is 26.2 Å². The fourth-order valence-corrected chi connectivity index (χ4v) is 2.53. The van der Waals surface area contributed by atoms with Crippen LogP contribution in [0.2, 0.25) is 5.02 Å². The molecule has 0 bridgehead atoms. The largest absolute Gasteiger partial charge is 0.481 e. The number of carboxylic acids is 1. The molecule has 104 valence electrons. The number of aryl methyl sites for hydroxylation is 1. The predicted molar refractivity (Wildman–Crippen MR) is 82.3 cm³/mol. The second-order valence-electron chi connectivity index (χ2n) is 5.05. The molecule has 2 nitrogen and oxygen atoms in total. The molecule has 0 aromatic heterocycles. The molecule has 20 heavy (non-hydrogen) atoms. The summed E-state index contributed by atoms with van der Waals surface area (Å²) in [4.78, 5) is 10.8. The lowest BCUT2D eigenvalue weighted by Gasteiger charge is -2.14. The van der Waals surface area contributed by atoms with Crippen molar-refractivity contribution >= 4 is 17.6 Å². The second kappa shape index (κ2) is 6.10. The lowest BCUT2D eigenvalue weighted by atomic mass is 9.93. The van der Waals surface area contributed by atoms with Crippen molar-refractivity contribution < 1.29 is 9.90 Å². The van der Waals surface area contributed by atoms with Gasteiger partial charge in [0.25, 0.3) is 0 Å². The van der Waals surface area contributed by atoms with E-state index >= 15 is 0 Å². The normalized spacial score (nSPS) is 12.2. The van der Waals surface area contributed by atoms with Gasteiger partial charge in [-0.05, 0) is 41.7 Å². The third kappa shape index (κ3) is 3.20. The lowest BCUT2D eigenvalue weighted by Crippen LogP contribution is -2.03. The van der Waals surface area contributed by atoms with E-state index in [0.29, 0.717) is 5.02 Å². The average Bonchev–Trinajstić information content (AvgIpc) is 2.39. The van der Waals surface area contributed by atoms with Crippen LogP contribution < -0.4 is 0 Å². The SMILES string of the molecule is Cc1ccccc1-c1cc(C(C)CC(=O)O)ccc1Cl. The molecule has 0 spiro atoms. The summed E-state index contributed by atoms with van der Waals surface area (Å²) in [5.41, 5.74) is 4.19. The molecule has 0 aliphatic rings. The van der Waals surface area contributed by atoms with Crippen LogP contribution in [0.1, 0.15) is 30.4 Å². The van der Waals surface area contributed by atoms with Gasteiger partial charge in [-0.3, -0.25) is 4.79 Å². The van der Waals surface area contributed by atoms with E-state index in [1.165, 1.54) is 0 Å². The van der Waals surface area contributed by atoms with Gasteiger partial charge < -0.3 is 5.11 Å². The Morgan fingerprint density at radius 2 is 1.90 bits per heavy atom. The number of carboxylic acid groups (broad SMARTS) is 1. The highest BCUT2D eigenvalue weighted by molar-refractivity contribution is 6.33. The highest BCUT2D eigenvalue weighted by atomic mass is 35.5. The summed E-state index contributed by atoms with van der Waals surface area (Å²) in [7, 11) is 0. The van der Waals surface area contributed by atoms with Gasteiger partial charge in [0, 0.05) is 10.6 Å². The molecule has 2 aromatic carbocycles. The Morgan fingerprint density at radius 3 is 2.55 bits per heavy atom. The highest BCUT2D eigenvalue weighted by Crippen LogP contribution is 2.33. The van der Waals surface area contributed by atoms with Gasteiger partial charge in [0.15, 0.2) is 0 Å². The first kappa shape index (κ1) is 14.6. The molecule has 0 fully saturated rings. The molecule has 0 saturated heterocycles. The van der Waals surface area contributed by atoms with Gasteiger partial charge in [0.05, 0.1) is 6.42 Å². The van der Waals surface area contributed by atoms with Crippen molar-refractivity contribution in [1.82, 2.24) is 0 Å². The number of hydrogen-bond donors (Lipinski definition) is 1. The number of hydrogen-bond acceptors (Lipinski definition) is 1. The zero-order chi connectivity index (χ0) is 14.7. The Hall–Kier alpha value is -1.80. The van der Waals surface area contributed by atoms with Crippen molar-refractivity contribution in [3.63, 3.8) is 0 Å². The quantitative estimate of drug-likeness (QED) is 0.869. The molecule has 1 atom stereocenters. The second-order valence-corrected chi connectivity index (χ2v) is 5.46. The molecule has 2 aromatic rings. The van der Waals surface area contributed by atoms with E-state index in [1.54, 1.807) is 0 Å². The van der Waals surface area contributed by atoms with E-state index in [2.05, 4.69) is 0 Å². The molecular formula is C17H17ClO2. The van der Waals surface area contributed by atoms with E-state index in [1.807, 2.05) is 56.3 Å². The molecule has 3 heteroatoms. The van der Waals surface area contributed by atoms with Crippen molar-refractivity contribution in [3.8, 4) is 11.1 Å². The van der Waals surface area contributed by atoms with Gasteiger partial charge in [-0.2, -0.15) is 0 Å². The van der Waals surface area contributed by atoms with Crippen LogP contribution in [0.25, 0.3) is 11.1 Å². The molecule has 2 rings (SSSR count). The summed E-state index contributed by atoms with van der Waals surface area (Å²) in [5, 5.41) is 9.59. The first-order valence-electron chi connectivity index (χ1n) is 6.56. The topological polar surface area (TPSA) is 37.3 Å². The first-order chi connectivity index (χ1) is 9.49. The van der Waals surface area contributed by atoms with E-state index in [9.17, 15) is 4.79 Å². The number of carbonyl (C=O) groups is 1. The van der Waals surface area contributed by atoms with E-state index < -0.39 is 5.97 Å². The highest BCUT2D eigenvalue weighted by Gasteiger charge is 2.13. The van der Waals surface area contributed by atoms with Crippen LogP contribution in [-0.4, -0.2) is 11.1 Å². The molecule has 0 heterocycles. The lowest BCUT2D eigenvalue weighted by molar-refractivity contribution is -0.137. The van der Waals surface area contributed by atoms with Crippen LogP contribution in [0.3, 0.4) is 0 Å². The van der Waals surface area contributed by atoms with Crippen LogP contribution in [0, 0.1) is 6.92 Å². The van der Waals surface area contributed by atoms with Crippen molar-refractivity contribution in [3.05, 3.63) is 58.6 Å². The summed E-state index contributed by atoms with van der Waals surface area (Å²) in [6, 6.07) is 13.8. The van der Waals surface area contributed by atoms with Gasteiger partial charge in [0.1, 0.15) is 0 Å². The fraction of sp³-hybridized carbons (Fsp3) is 0.235. The van der Waals surface area contributed by atoms with Crippen LogP contribution in [-0.2, 0) is 4.79 Å². The Morgan fingerprint density at radius 1 is 1.20 bits per heavy atom. The van der Waals surface area contributed by atoms with Crippen molar-refractivity contribution in [1.29, 1.82) is 0 Å². The maximum absolute atomic E-state index is 10.8. The van der Waals surface area contributed by atoms with E-state index in [0.717, 1.165) is 22.3 Å². The number of benzene rings is 2.